The molecule has 2 N–H and O–H groups in total. The number of rotatable bonds is 1. The van der Waals surface area contributed by atoms with E-state index in [1.165, 1.54) is 0 Å². The Balaban J connectivity index is 2.56. The fourth-order valence-electron chi connectivity index (χ4n) is 0.549. The summed E-state index contributed by atoms with van der Waals surface area (Å²) < 4.78 is 0. The lowest BCUT2D eigenvalue weighted by atomic mass is 10.5. The Morgan fingerprint density at radius 2 is 2.60 bits per heavy atom. The molecule has 0 aromatic rings. The SMILES string of the molecule is O=[N+]([O-])N=C1NC=CCN1. The summed E-state index contributed by atoms with van der Waals surface area (Å²) in [5.74, 6) is 0.174. The van der Waals surface area contributed by atoms with Crippen molar-refractivity contribution < 1.29 is 5.03 Å². The highest BCUT2D eigenvalue weighted by atomic mass is 16.7. The van der Waals surface area contributed by atoms with E-state index in [9.17, 15) is 10.1 Å². The number of hydrogen-bond acceptors (Lipinski definition) is 2. The molecule has 0 amide bonds. The number of hydrazone groups is 1. The molecule has 1 rings (SSSR count). The van der Waals surface area contributed by atoms with E-state index in [2.05, 4.69) is 15.7 Å². The van der Waals surface area contributed by atoms with Gasteiger partial charge in [-0.25, -0.2) is 10.1 Å². The highest BCUT2D eigenvalue weighted by molar-refractivity contribution is 5.81. The van der Waals surface area contributed by atoms with Gasteiger partial charge in [0, 0.05) is 12.7 Å². The van der Waals surface area contributed by atoms with Crippen molar-refractivity contribution >= 4 is 5.96 Å². The molecular weight excluding hydrogens is 136 g/mol. The summed E-state index contributed by atoms with van der Waals surface area (Å²) in [5.41, 5.74) is 0. The van der Waals surface area contributed by atoms with Crippen LogP contribution in [0.25, 0.3) is 0 Å². The number of guanidine groups is 1. The minimum absolute atomic E-state index is 0.174. The lowest BCUT2D eigenvalue weighted by molar-refractivity contribution is -0.485. The molecule has 0 aromatic heterocycles. The van der Waals surface area contributed by atoms with Crippen LogP contribution < -0.4 is 10.6 Å². The van der Waals surface area contributed by atoms with E-state index in [1.54, 1.807) is 12.3 Å². The Labute approximate surface area is 56.8 Å². The first kappa shape index (κ1) is 6.53. The minimum Gasteiger partial charge on any atom is -0.347 e. The fourth-order valence-corrected chi connectivity index (χ4v) is 0.549. The van der Waals surface area contributed by atoms with Crippen molar-refractivity contribution in [3.05, 3.63) is 22.4 Å². The zero-order chi connectivity index (χ0) is 7.40. The van der Waals surface area contributed by atoms with E-state index >= 15 is 0 Å². The first-order valence-corrected chi connectivity index (χ1v) is 2.67. The Bertz CT molecular complexity index is 197. The molecule has 0 spiro atoms. The van der Waals surface area contributed by atoms with Crippen molar-refractivity contribution in [2.24, 2.45) is 5.10 Å². The highest BCUT2D eigenvalue weighted by Crippen LogP contribution is 1.79. The first-order chi connectivity index (χ1) is 4.79. The third-order valence-electron chi connectivity index (χ3n) is 0.907. The Morgan fingerprint density at radius 3 is 3.10 bits per heavy atom. The minimum atomic E-state index is -0.755. The van der Waals surface area contributed by atoms with E-state index in [0.717, 1.165) is 0 Å². The monoisotopic (exact) mass is 142 g/mol. The van der Waals surface area contributed by atoms with Gasteiger partial charge in [0.05, 0.1) is 0 Å². The topological polar surface area (TPSA) is 79.6 Å². The van der Waals surface area contributed by atoms with E-state index in [1.807, 2.05) is 0 Å². The summed E-state index contributed by atoms with van der Waals surface area (Å²) in [6, 6.07) is 0. The van der Waals surface area contributed by atoms with E-state index in [4.69, 9.17) is 0 Å². The van der Waals surface area contributed by atoms with Crippen LogP contribution >= 0.6 is 0 Å². The second-order valence-corrected chi connectivity index (χ2v) is 1.61. The maximum Gasteiger partial charge on any atom is 0.272 e. The molecule has 0 radical (unpaired) electrons. The Morgan fingerprint density at radius 1 is 1.80 bits per heavy atom. The molecule has 6 heteroatoms. The summed E-state index contributed by atoms with van der Waals surface area (Å²) in [7, 11) is 0. The first-order valence-electron chi connectivity index (χ1n) is 2.67. The van der Waals surface area contributed by atoms with Crippen LogP contribution in [0, 0.1) is 10.1 Å². The zero-order valence-electron chi connectivity index (χ0n) is 5.07. The van der Waals surface area contributed by atoms with E-state index < -0.39 is 5.03 Å². The molecule has 6 nitrogen and oxygen atoms in total. The second-order valence-electron chi connectivity index (χ2n) is 1.61. The van der Waals surface area contributed by atoms with Crippen molar-refractivity contribution in [2.45, 2.75) is 0 Å². The number of nitrogens with zero attached hydrogens (tertiary/aromatic N) is 2. The summed E-state index contributed by atoms with van der Waals surface area (Å²) in [5, 5.41) is 17.3. The highest BCUT2D eigenvalue weighted by Gasteiger charge is 2.02. The van der Waals surface area contributed by atoms with Gasteiger partial charge in [-0.1, -0.05) is 0 Å². The Kier molecular flexibility index (Phi) is 1.83. The molecule has 0 aromatic carbocycles. The number of nitrogens with one attached hydrogen (secondary N) is 2. The van der Waals surface area contributed by atoms with Gasteiger partial charge in [-0.05, 0) is 6.08 Å². The lowest BCUT2D eigenvalue weighted by Crippen LogP contribution is -2.38. The van der Waals surface area contributed by atoms with E-state index in [0.29, 0.717) is 6.54 Å². The summed E-state index contributed by atoms with van der Waals surface area (Å²) in [6.07, 6.45) is 3.39. The smallest absolute Gasteiger partial charge is 0.272 e. The predicted molar refractivity (Wildman–Crippen MR) is 34.7 cm³/mol. The van der Waals surface area contributed by atoms with Gasteiger partial charge in [-0.2, -0.15) is 0 Å². The third-order valence-corrected chi connectivity index (χ3v) is 0.907. The van der Waals surface area contributed by atoms with Crippen LogP contribution in [0.2, 0.25) is 0 Å². The van der Waals surface area contributed by atoms with Crippen LogP contribution in [0.4, 0.5) is 0 Å². The van der Waals surface area contributed by atoms with Crippen molar-refractivity contribution in [3.8, 4) is 0 Å². The molecule has 0 unspecified atom stereocenters. The molecule has 1 aliphatic rings. The molecule has 54 valence electrons. The Hall–Kier alpha value is -1.59. The molecule has 0 aliphatic carbocycles. The van der Waals surface area contributed by atoms with Crippen molar-refractivity contribution in [3.63, 3.8) is 0 Å². The molecule has 0 saturated heterocycles. The van der Waals surface area contributed by atoms with Crippen molar-refractivity contribution in [2.75, 3.05) is 6.54 Å². The van der Waals surface area contributed by atoms with Gasteiger partial charge in [-0.15, -0.1) is 0 Å². The molecule has 10 heavy (non-hydrogen) atoms. The normalized spacial score (nSPS) is 19.8. The quantitative estimate of drug-likeness (QED) is 0.372. The largest absolute Gasteiger partial charge is 0.347 e. The maximum atomic E-state index is 9.78. The molecule has 0 bridgehead atoms. The average molecular weight is 142 g/mol. The zero-order valence-corrected chi connectivity index (χ0v) is 5.07. The van der Waals surface area contributed by atoms with Gasteiger partial charge in [0.2, 0.25) is 0 Å². The van der Waals surface area contributed by atoms with Crippen LogP contribution in [-0.2, 0) is 0 Å². The molecule has 0 atom stereocenters. The molecule has 0 saturated carbocycles. The fraction of sp³-hybridized carbons (Fsp3) is 0.250. The van der Waals surface area contributed by atoms with Gasteiger partial charge in [0.1, 0.15) is 5.10 Å². The summed E-state index contributed by atoms with van der Waals surface area (Å²) >= 11 is 0. The van der Waals surface area contributed by atoms with Crippen LogP contribution in [-0.4, -0.2) is 17.5 Å². The van der Waals surface area contributed by atoms with Crippen molar-refractivity contribution in [1.82, 2.24) is 10.6 Å². The standard InChI is InChI=1S/C4H6N4O2/c9-8(10)7-4-5-2-1-3-6-4/h1-2H,3H2,(H2,5,6,7). The summed E-state index contributed by atoms with van der Waals surface area (Å²) in [4.78, 5) is 9.78. The summed E-state index contributed by atoms with van der Waals surface area (Å²) in [6.45, 7) is 0.569. The number of nitro groups is 1. The van der Waals surface area contributed by atoms with Gasteiger partial charge in [0.15, 0.2) is 5.03 Å². The molecular formula is C4H6N4O2. The van der Waals surface area contributed by atoms with E-state index in [-0.39, 0.29) is 5.96 Å². The van der Waals surface area contributed by atoms with Gasteiger partial charge in [0.25, 0.3) is 5.96 Å². The van der Waals surface area contributed by atoms with Crippen molar-refractivity contribution in [1.29, 1.82) is 0 Å². The predicted octanol–water partition coefficient (Wildman–Crippen LogP) is -0.759. The van der Waals surface area contributed by atoms with Crippen LogP contribution in [0.1, 0.15) is 0 Å². The second kappa shape index (κ2) is 2.81. The van der Waals surface area contributed by atoms with Crippen LogP contribution in [0.5, 0.6) is 0 Å². The van der Waals surface area contributed by atoms with Gasteiger partial charge >= 0.3 is 0 Å². The molecule has 1 aliphatic heterocycles. The lowest BCUT2D eigenvalue weighted by Gasteiger charge is -2.07. The van der Waals surface area contributed by atoms with Crippen LogP contribution in [0.15, 0.2) is 17.4 Å². The molecule has 1 heterocycles. The average Bonchev–Trinajstić information content (AvgIpc) is 1.88. The van der Waals surface area contributed by atoms with Gasteiger partial charge in [-0.3, -0.25) is 0 Å². The maximum absolute atomic E-state index is 9.78. The third kappa shape index (κ3) is 1.73. The molecule has 0 fully saturated rings. The van der Waals surface area contributed by atoms with Crippen LogP contribution in [0.3, 0.4) is 0 Å². The number of hydrogen-bond donors (Lipinski definition) is 2. The van der Waals surface area contributed by atoms with Gasteiger partial charge < -0.3 is 10.6 Å².